The van der Waals surface area contributed by atoms with E-state index in [9.17, 15) is 0 Å². The summed E-state index contributed by atoms with van der Waals surface area (Å²) in [6.45, 7) is 0. The highest BCUT2D eigenvalue weighted by Crippen LogP contribution is 2.38. The average Bonchev–Trinajstić information content (AvgIpc) is 3.87. The fourth-order valence-corrected chi connectivity index (χ4v) is 7.94. The van der Waals surface area contributed by atoms with Gasteiger partial charge in [-0.1, -0.05) is 97.1 Å². The SMILES string of the molecule is c1ccc(-n2c3ccccc3c3cc(-c4nc5ccc(-c6ccc7c(c6)c6ccccc6n7-c6ccc7ccccc7c6)cc5o4)ccc32)cc1. The van der Waals surface area contributed by atoms with E-state index in [1.165, 1.54) is 48.9 Å². The normalized spacial score (nSPS) is 11.9. The molecular formula is C47H29N3O. The molecule has 0 bridgehead atoms. The van der Waals surface area contributed by atoms with Crippen LogP contribution in [-0.4, -0.2) is 14.1 Å². The third-order valence-electron chi connectivity index (χ3n) is 10.3. The minimum Gasteiger partial charge on any atom is -0.436 e. The van der Waals surface area contributed by atoms with Crippen LogP contribution in [0.3, 0.4) is 0 Å². The van der Waals surface area contributed by atoms with Crippen LogP contribution in [0.25, 0.3) is 99.4 Å². The fourth-order valence-electron chi connectivity index (χ4n) is 7.94. The Labute approximate surface area is 293 Å². The number of benzene rings is 8. The van der Waals surface area contributed by atoms with Crippen molar-refractivity contribution in [3.05, 3.63) is 176 Å². The number of hydrogen-bond acceptors (Lipinski definition) is 2. The summed E-state index contributed by atoms with van der Waals surface area (Å²) in [5.74, 6) is 0.620. The average molecular weight is 652 g/mol. The third kappa shape index (κ3) is 4.30. The molecule has 0 atom stereocenters. The monoisotopic (exact) mass is 651 g/mol. The lowest BCUT2D eigenvalue weighted by Crippen LogP contribution is -1.93. The fraction of sp³-hybridized carbons (Fsp3) is 0. The molecule has 8 aromatic carbocycles. The molecule has 0 fully saturated rings. The number of oxazole rings is 1. The Morgan fingerprint density at radius 1 is 0.373 bits per heavy atom. The molecule has 0 spiro atoms. The van der Waals surface area contributed by atoms with E-state index in [0.717, 1.165) is 44.7 Å². The van der Waals surface area contributed by atoms with Gasteiger partial charge in [-0.05, 0) is 101 Å². The van der Waals surface area contributed by atoms with Gasteiger partial charge in [-0.3, -0.25) is 0 Å². The van der Waals surface area contributed by atoms with Crippen molar-refractivity contribution < 1.29 is 4.42 Å². The van der Waals surface area contributed by atoms with E-state index in [1.807, 2.05) is 0 Å². The molecule has 0 saturated heterocycles. The Hall–Kier alpha value is -6.91. The van der Waals surface area contributed by atoms with Gasteiger partial charge in [-0.15, -0.1) is 0 Å². The largest absolute Gasteiger partial charge is 0.436 e. The summed E-state index contributed by atoms with van der Waals surface area (Å²) in [5.41, 5.74) is 11.8. The van der Waals surface area contributed by atoms with Gasteiger partial charge < -0.3 is 13.6 Å². The molecule has 11 aromatic rings. The highest BCUT2D eigenvalue weighted by molar-refractivity contribution is 6.12. The van der Waals surface area contributed by atoms with Crippen LogP contribution in [-0.2, 0) is 0 Å². The van der Waals surface area contributed by atoms with Crippen molar-refractivity contribution >= 4 is 65.5 Å². The predicted molar refractivity (Wildman–Crippen MR) is 211 cm³/mol. The number of aromatic nitrogens is 3. The van der Waals surface area contributed by atoms with Gasteiger partial charge in [0.25, 0.3) is 0 Å². The van der Waals surface area contributed by atoms with Crippen LogP contribution in [0.15, 0.2) is 180 Å². The molecule has 0 aliphatic rings. The van der Waals surface area contributed by atoms with Gasteiger partial charge in [-0.2, -0.15) is 0 Å². The van der Waals surface area contributed by atoms with Crippen molar-refractivity contribution in [2.24, 2.45) is 0 Å². The highest BCUT2D eigenvalue weighted by Gasteiger charge is 2.17. The van der Waals surface area contributed by atoms with Gasteiger partial charge in [0.2, 0.25) is 5.89 Å². The summed E-state index contributed by atoms with van der Waals surface area (Å²) in [6.07, 6.45) is 0. The maximum Gasteiger partial charge on any atom is 0.227 e. The smallest absolute Gasteiger partial charge is 0.227 e. The van der Waals surface area contributed by atoms with Gasteiger partial charge in [0.05, 0.1) is 22.1 Å². The van der Waals surface area contributed by atoms with Crippen molar-refractivity contribution in [2.75, 3.05) is 0 Å². The maximum absolute atomic E-state index is 6.50. The van der Waals surface area contributed by atoms with Crippen LogP contribution >= 0.6 is 0 Å². The summed E-state index contributed by atoms with van der Waals surface area (Å²) in [6, 6.07) is 62.6. The molecule has 51 heavy (non-hydrogen) atoms. The van der Waals surface area contributed by atoms with Crippen LogP contribution in [0, 0.1) is 0 Å². The minimum absolute atomic E-state index is 0.620. The van der Waals surface area contributed by atoms with Gasteiger partial charge in [0, 0.05) is 38.5 Å². The summed E-state index contributed by atoms with van der Waals surface area (Å²) < 4.78 is 11.2. The zero-order valence-corrected chi connectivity index (χ0v) is 27.5. The first-order valence-electron chi connectivity index (χ1n) is 17.3. The molecule has 4 nitrogen and oxygen atoms in total. The lowest BCUT2D eigenvalue weighted by molar-refractivity contribution is 0.620. The van der Waals surface area contributed by atoms with Crippen LogP contribution < -0.4 is 0 Å². The van der Waals surface area contributed by atoms with Crippen molar-refractivity contribution in [3.8, 4) is 34.0 Å². The molecule has 11 rings (SSSR count). The zero-order valence-electron chi connectivity index (χ0n) is 27.5. The second-order valence-electron chi connectivity index (χ2n) is 13.2. The first kappa shape index (κ1) is 28.0. The Balaban J connectivity index is 1.01. The summed E-state index contributed by atoms with van der Waals surface area (Å²) >= 11 is 0. The standard InChI is InChI=1S/C47H29N3O/c1-2-12-35(13-3-1)49-42-16-8-6-15-38(42)40-28-34(21-25-44(40)49)47-48-41-23-19-33(29-46(41)51-47)32-20-24-45-39(27-32)37-14-7-9-17-43(37)50(45)36-22-18-30-10-4-5-11-31(30)26-36/h1-29H. The molecule has 0 radical (unpaired) electrons. The number of rotatable bonds is 4. The minimum atomic E-state index is 0.620. The first-order valence-corrected chi connectivity index (χ1v) is 17.3. The number of nitrogens with zero attached hydrogens (tertiary/aromatic N) is 3. The topological polar surface area (TPSA) is 35.9 Å². The summed E-state index contributed by atoms with van der Waals surface area (Å²) in [4.78, 5) is 4.94. The molecule has 0 amide bonds. The van der Waals surface area contributed by atoms with E-state index in [2.05, 4.69) is 185 Å². The van der Waals surface area contributed by atoms with Crippen LogP contribution in [0.5, 0.6) is 0 Å². The van der Waals surface area contributed by atoms with E-state index < -0.39 is 0 Å². The molecule has 3 heterocycles. The van der Waals surface area contributed by atoms with Crippen LogP contribution in [0.2, 0.25) is 0 Å². The molecule has 3 aromatic heterocycles. The lowest BCUT2D eigenvalue weighted by atomic mass is 10.0. The molecule has 238 valence electrons. The number of para-hydroxylation sites is 3. The van der Waals surface area contributed by atoms with Gasteiger partial charge in [0.1, 0.15) is 5.52 Å². The van der Waals surface area contributed by atoms with Crippen LogP contribution in [0.1, 0.15) is 0 Å². The van der Waals surface area contributed by atoms with E-state index in [-0.39, 0.29) is 0 Å². The molecule has 0 N–H and O–H groups in total. The number of hydrogen-bond donors (Lipinski definition) is 0. The molecule has 0 unspecified atom stereocenters. The zero-order chi connectivity index (χ0) is 33.5. The van der Waals surface area contributed by atoms with E-state index in [0.29, 0.717) is 5.89 Å². The number of fused-ring (bicyclic) bond motifs is 8. The first-order chi connectivity index (χ1) is 25.3. The summed E-state index contributed by atoms with van der Waals surface area (Å²) in [5, 5.41) is 7.30. The third-order valence-corrected chi connectivity index (χ3v) is 10.3. The predicted octanol–water partition coefficient (Wildman–Crippen LogP) is 12.5. The highest BCUT2D eigenvalue weighted by atomic mass is 16.3. The second-order valence-corrected chi connectivity index (χ2v) is 13.2. The Kier molecular flexibility index (Phi) is 5.92. The molecular weight excluding hydrogens is 623 g/mol. The molecule has 0 saturated carbocycles. The lowest BCUT2D eigenvalue weighted by Gasteiger charge is -2.10. The van der Waals surface area contributed by atoms with E-state index in [4.69, 9.17) is 9.40 Å². The van der Waals surface area contributed by atoms with Gasteiger partial charge >= 0.3 is 0 Å². The van der Waals surface area contributed by atoms with E-state index >= 15 is 0 Å². The van der Waals surface area contributed by atoms with Crippen molar-refractivity contribution in [1.29, 1.82) is 0 Å². The quantitative estimate of drug-likeness (QED) is 0.190. The molecule has 0 aliphatic heterocycles. The Morgan fingerprint density at radius 3 is 1.71 bits per heavy atom. The van der Waals surface area contributed by atoms with Crippen LogP contribution in [0.4, 0.5) is 0 Å². The maximum atomic E-state index is 6.50. The van der Waals surface area contributed by atoms with Gasteiger partial charge in [0.15, 0.2) is 5.58 Å². The van der Waals surface area contributed by atoms with Crippen molar-refractivity contribution in [1.82, 2.24) is 14.1 Å². The Bertz CT molecular complexity index is 3140. The summed E-state index contributed by atoms with van der Waals surface area (Å²) in [7, 11) is 0. The second kappa shape index (κ2) is 10.8. The Morgan fingerprint density at radius 2 is 0.941 bits per heavy atom. The van der Waals surface area contributed by atoms with E-state index in [1.54, 1.807) is 0 Å². The van der Waals surface area contributed by atoms with Crippen molar-refractivity contribution in [3.63, 3.8) is 0 Å². The van der Waals surface area contributed by atoms with Crippen molar-refractivity contribution in [2.45, 2.75) is 0 Å². The molecule has 0 aliphatic carbocycles. The molecule has 4 heteroatoms. The van der Waals surface area contributed by atoms with Gasteiger partial charge in [-0.25, -0.2) is 4.98 Å².